The van der Waals surface area contributed by atoms with Gasteiger partial charge in [-0.1, -0.05) is 29.4 Å². The lowest BCUT2D eigenvalue weighted by atomic mass is 10.2. The number of fused-ring (bicyclic) bond motifs is 1. The third-order valence-electron chi connectivity index (χ3n) is 3.89. The summed E-state index contributed by atoms with van der Waals surface area (Å²) >= 11 is 7.32. The summed E-state index contributed by atoms with van der Waals surface area (Å²) in [4.78, 5) is 41.8. The summed E-state index contributed by atoms with van der Waals surface area (Å²) in [5, 5.41) is 1.50. The lowest BCUT2D eigenvalue weighted by Gasteiger charge is -2.15. The summed E-state index contributed by atoms with van der Waals surface area (Å²) in [6.45, 7) is 4.31. The predicted molar refractivity (Wildman–Crippen MR) is 97.9 cm³/mol. The fourth-order valence-electron chi connectivity index (χ4n) is 2.67. The number of allylic oxidation sites excluding steroid dienone is 1. The average Bonchev–Trinajstić information content (AvgIpc) is 2.89. The maximum Gasteiger partial charge on any atom is 0.262 e. The van der Waals surface area contributed by atoms with Crippen molar-refractivity contribution in [3.63, 3.8) is 0 Å². The van der Waals surface area contributed by atoms with E-state index in [1.54, 1.807) is 24.3 Å². The number of thioether (sulfide) groups is 1. The first kappa shape index (κ1) is 17.7. The highest BCUT2D eigenvalue weighted by molar-refractivity contribution is 7.99. The zero-order valence-corrected chi connectivity index (χ0v) is 15.0. The lowest BCUT2D eigenvalue weighted by Crippen LogP contribution is -2.31. The SMILES string of the molecule is C=CCn1c(SCCN2C(=O)CCC2=O)nc2cc(Cl)ccc2c1=O. The van der Waals surface area contributed by atoms with Crippen molar-refractivity contribution in [3.05, 3.63) is 46.2 Å². The molecule has 1 aromatic heterocycles. The van der Waals surface area contributed by atoms with Crippen molar-refractivity contribution in [1.82, 2.24) is 14.5 Å². The standard InChI is InChI=1S/C17H16ClN3O3S/c1-2-7-21-16(24)12-4-3-11(18)10-13(12)19-17(21)25-9-8-20-14(22)5-6-15(20)23/h2-4,10H,1,5-9H2. The minimum Gasteiger partial charge on any atom is -0.283 e. The van der Waals surface area contributed by atoms with Crippen molar-refractivity contribution in [3.8, 4) is 0 Å². The van der Waals surface area contributed by atoms with E-state index in [9.17, 15) is 14.4 Å². The Balaban J connectivity index is 1.87. The summed E-state index contributed by atoms with van der Waals surface area (Å²) in [5.41, 5.74) is 0.353. The number of aromatic nitrogens is 2. The van der Waals surface area contributed by atoms with Crippen LogP contribution in [0.4, 0.5) is 0 Å². The molecule has 25 heavy (non-hydrogen) atoms. The molecule has 0 unspecified atom stereocenters. The number of benzene rings is 1. The van der Waals surface area contributed by atoms with Gasteiger partial charge < -0.3 is 0 Å². The molecule has 3 rings (SSSR count). The molecule has 2 aromatic rings. The van der Waals surface area contributed by atoms with E-state index in [0.717, 1.165) is 0 Å². The van der Waals surface area contributed by atoms with Crippen LogP contribution in [-0.2, 0) is 16.1 Å². The average molecular weight is 378 g/mol. The van der Waals surface area contributed by atoms with E-state index in [1.807, 2.05) is 0 Å². The van der Waals surface area contributed by atoms with Gasteiger partial charge in [-0.15, -0.1) is 6.58 Å². The Labute approximate surface area is 153 Å². The Hall–Kier alpha value is -2.12. The largest absolute Gasteiger partial charge is 0.283 e. The van der Waals surface area contributed by atoms with Crippen molar-refractivity contribution in [2.45, 2.75) is 24.5 Å². The third-order valence-corrected chi connectivity index (χ3v) is 5.09. The van der Waals surface area contributed by atoms with Gasteiger partial charge in [-0.2, -0.15) is 0 Å². The molecule has 0 spiro atoms. The van der Waals surface area contributed by atoms with E-state index in [0.29, 0.717) is 39.9 Å². The number of carbonyl (C=O) groups is 2. The molecule has 1 saturated heterocycles. The van der Waals surface area contributed by atoms with Gasteiger partial charge in [0.15, 0.2) is 5.16 Å². The second kappa shape index (κ2) is 7.41. The normalized spacial score (nSPS) is 14.5. The number of hydrogen-bond donors (Lipinski definition) is 0. The zero-order valence-electron chi connectivity index (χ0n) is 13.4. The van der Waals surface area contributed by atoms with E-state index >= 15 is 0 Å². The molecule has 1 fully saturated rings. The van der Waals surface area contributed by atoms with E-state index in [4.69, 9.17) is 11.6 Å². The van der Waals surface area contributed by atoms with Crippen LogP contribution in [0.25, 0.3) is 10.9 Å². The molecular formula is C17H16ClN3O3S. The summed E-state index contributed by atoms with van der Waals surface area (Å²) in [5.74, 6) is 0.173. The van der Waals surface area contributed by atoms with Gasteiger partial charge in [0.1, 0.15) is 0 Å². The second-order valence-corrected chi connectivity index (χ2v) is 7.05. The molecule has 1 aromatic carbocycles. The number of rotatable bonds is 6. The van der Waals surface area contributed by atoms with Gasteiger partial charge in [0.25, 0.3) is 5.56 Å². The van der Waals surface area contributed by atoms with Crippen molar-refractivity contribution >= 4 is 46.1 Å². The van der Waals surface area contributed by atoms with Gasteiger partial charge in [0.05, 0.1) is 10.9 Å². The van der Waals surface area contributed by atoms with E-state index in [1.165, 1.54) is 21.2 Å². The Morgan fingerprint density at radius 1 is 1.24 bits per heavy atom. The predicted octanol–water partition coefficient (Wildman–Crippen LogP) is 2.48. The van der Waals surface area contributed by atoms with Crippen LogP contribution in [-0.4, -0.2) is 38.6 Å². The van der Waals surface area contributed by atoms with Crippen LogP contribution in [0.2, 0.25) is 5.02 Å². The Morgan fingerprint density at radius 3 is 2.64 bits per heavy atom. The summed E-state index contributed by atoms with van der Waals surface area (Å²) in [6.07, 6.45) is 2.18. The molecule has 0 aliphatic carbocycles. The van der Waals surface area contributed by atoms with Gasteiger partial charge in [0.2, 0.25) is 11.8 Å². The van der Waals surface area contributed by atoms with Crippen LogP contribution in [0.1, 0.15) is 12.8 Å². The highest BCUT2D eigenvalue weighted by Gasteiger charge is 2.28. The first-order chi connectivity index (χ1) is 12.0. The molecule has 2 heterocycles. The maximum atomic E-state index is 12.7. The van der Waals surface area contributed by atoms with Gasteiger partial charge >= 0.3 is 0 Å². The van der Waals surface area contributed by atoms with Crippen LogP contribution in [0.3, 0.4) is 0 Å². The van der Waals surface area contributed by atoms with Crippen molar-refractivity contribution in [1.29, 1.82) is 0 Å². The fraction of sp³-hybridized carbons (Fsp3) is 0.294. The molecule has 0 N–H and O–H groups in total. The summed E-state index contributed by atoms with van der Waals surface area (Å²) in [7, 11) is 0. The highest BCUT2D eigenvalue weighted by Crippen LogP contribution is 2.21. The third kappa shape index (κ3) is 3.62. The van der Waals surface area contributed by atoms with Crippen molar-refractivity contribution in [2.75, 3.05) is 12.3 Å². The maximum absolute atomic E-state index is 12.7. The van der Waals surface area contributed by atoms with Crippen LogP contribution in [0.5, 0.6) is 0 Å². The zero-order chi connectivity index (χ0) is 18.0. The number of imide groups is 1. The molecule has 8 heteroatoms. The molecular weight excluding hydrogens is 362 g/mol. The number of likely N-dealkylation sites (tertiary alicyclic amines) is 1. The number of halogens is 1. The molecule has 1 aliphatic heterocycles. The van der Waals surface area contributed by atoms with Crippen LogP contribution < -0.4 is 5.56 Å². The van der Waals surface area contributed by atoms with Crippen molar-refractivity contribution < 1.29 is 9.59 Å². The molecule has 6 nitrogen and oxygen atoms in total. The summed E-state index contributed by atoms with van der Waals surface area (Å²) in [6, 6.07) is 4.96. The first-order valence-electron chi connectivity index (χ1n) is 7.78. The molecule has 130 valence electrons. The molecule has 0 atom stereocenters. The van der Waals surface area contributed by atoms with Crippen LogP contribution in [0, 0.1) is 0 Å². The molecule has 1 aliphatic rings. The fourth-order valence-corrected chi connectivity index (χ4v) is 3.77. The Morgan fingerprint density at radius 2 is 1.96 bits per heavy atom. The summed E-state index contributed by atoms with van der Waals surface area (Å²) < 4.78 is 1.53. The number of carbonyl (C=O) groups excluding carboxylic acids is 2. The smallest absolute Gasteiger partial charge is 0.262 e. The van der Waals surface area contributed by atoms with Gasteiger partial charge in [0, 0.05) is 36.7 Å². The number of hydrogen-bond acceptors (Lipinski definition) is 5. The molecule has 0 radical (unpaired) electrons. The van der Waals surface area contributed by atoms with Gasteiger partial charge in [-0.25, -0.2) is 4.98 Å². The van der Waals surface area contributed by atoms with E-state index in [2.05, 4.69) is 11.6 Å². The molecule has 2 amide bonds. The van der Waals surface area contributed by atoms with Gasteiger partial charge in [-0.05, 0) is 18.2 Å². The highest BCUT2D eigenvalue weighted by atomic mass is 35.5. The van der Waals surface area contributed by atoms with Crippen LogP contribution in [0.15, 0.2) is 40.8 Å². The Bertz CT molecular complexity index is 909. The van der Waals surface area contributed by atoms with Crippen LogP contribution >= 0.6 is 23.4 Å². The topological polar surface area (TPSA) is 72.3 Å². The second-order valence-electron chi connectivity index (χ2n) is 5.55. The quantitative estimate of drug-likeness (QED) is 0.334. The monoisotopic (exact) mass is 377 g/mol. The minimum absolute atomic E-state index is 0.146. The molecule has 0 saturated carbocycles. The molecule has 0 bridgehead atoms. The number of nitrogens with zero attached hydrogens (tertiary/aromatic N) is 3. The number of amides is 2. The first-order valence-corrected chi connectivity index (χ1v) is 9.14. The van der Waals surface area contributed by atoms with Gasteiger partial charge in [-0.3, -0.25) is 23.9 Å². The minimum atomic E-state index is -0.169. The van der Waals surface area contributed by atoms with Crippen molar-refractivity contribution in [2.24, 2.45) is 0 Å². The van der Waals surface area contributed by atoms with E-state index < -0.39 is 0 Å². The van der Waals surface area contributed by atoms with E-state index in [-0.39, 0.29) is 30.2 Å². The Kier molecular flexibility index (Phi) is 5.24. The lowest BCUT2D eigenvalue weighted by molar-refractivity contribution is -0.137.